The van der Waals surface area contributed by atoms with E-state index in [4.69, 9.17) is 0 Å². The number of halogens is 2. The van der Waals surface area contributed by atoms with Crippen LogP contribution in [0.5, 0.6) is 0 Å². The van der Waals surface area contributed by atoms with E-state index >= 15 is 0 Å². The number of hydrogen-bond donors (Lipinski definition) is 1. The van der Waals surface area contributed by atoms with E-state index in [1.807, 2.05) is 13.0 Å². The largest absolute Gasteiger partial charge is 0.310 e. The molecule has 1 aromatic carbocycles. The number of aryl methyl sites for hydroxylation is 1. The van der Waals surface area contributed by atoms with Crippen molar-refractivity contribution >= 4 is 27.3 Å². The second-order valence-corrected chi connectivity index (χ2v) is 6.86. The zero-order chi connectivity index (χ0) is 13.8. The number of benzene rings is 1. The van der Waals surface area contributed by atoms with Gasteiger partial charge in [0.15, 0.2) is 0 Å². The minimum Gasteiger partial charge on any atom is -0.310 e. The highest BCUT2D eigenvalue weighted by atomic mass is 79.9. The Labute approximate surface area is 126 Å². The van der Waals surface area contributed by atoms with Gasteiger partial charge in [-0.25, -0.2) is 4.39 Å². The van der Waals surface area contributed by atoms with Gasteiger partial charge in [-0.3, -0.25) is 0 Å². The van der Waals surface area contributed by atoms with Gasteiger partial charge in [0.05, 0.1) is 3.79 Å². The second kappa shape index (κ2) is 6.64. The Balaban J connectivity index is 2.21. The maximum absolute atomic E-state index is 13.1. The zero-order valence-corrected chi connectivity index (χ0v) is 13.4. The van der Waals surface area contributed by atoms with Gasteiger partial charge in [-0.15, -0.1) is 11.3 Å². The SMILES string of the molecule is CCNC(Cc1ccc(F)cc1C)c1csc(Br)c1. The van der Waals surface area contributed by atoms with Crippen LogP contribution < -0.4 is 5.32 Å². The maximum Gasteiger partial charge on any atom is 0.123 e. The normalized spacial score (nSPS) is 12.6. The molecule has 102 valence electrons. The van der Waals surface area contributed by atoms with E-state index in [0.29, 0.717) is 0 Å². The third-order valence-electron chi connectivity index (χ3n) is 3.17. The van der Waals surface area contributed by atoms with E-state index < -0.39 is 0 Å². The lowest BCUT2D eigenvalue weighted by Gasteiger charge is -2.18. The van der Waals surface area contributed by atoms with Crippen molar-refractivity contribution in [3.05, 3.63) is 55.9 Å². The molecule has 2 rings (SSSR count). The van der Waals surface area contributed by atoms with Gasteiger partial charge in [-0.2, -0.15) is 0 Å². The molecular formula is C15H17BrFNS. The molecule has 1 heterocycles. The molecule has 1 N–H and O–H groups in total. The van der Waals surface area contributed by atoms with Crippen LogP contribution in [0.2, 0.25) is 0 Å². The lowest BCUT2D eigenvalue weighted by atomic mass is 9.97. The lowest BCUT2D eigenvalue weighted by molar-refractivity contribution is 0.549. The molecule has 1 nitrogen and oxygen atoms in total. The predicted molar refractivity (Wildman–Crippen MR) is 83.3 cm³/mol. The molecule has 0 fully saturated rings. The van der Waals surface area contributed by atoms with E-state index in [0.717, 1.165) is 22.3 Å². The monoisotopic (exact) mass is 341 g/mol. The van der Waals surface area contributed by atoms with Crippen LogP contribution in [-0.2, 0) is 6.42 Å². The highest BCUT2D eigenvalue weighted by Crippen LogP contribution is 2.28. The summed E-state index contributed by atoms with van der Waals surface area (Å²) in [6.07, 6.45) is 0.878. The van der Waals surface area contributed by atoms with Gasteiger partial charge in [-0.05, 0) is 76.1 Å². The first-order valence-corrected chi connectivity index (χ1v) is 7.99. The van der Waals surface area contributed by atoms with Crippen molar-refractivity contribution < 1.29 is 4.39 Å². The number of rotatable bonds is 5. The van der Waals surface area contributed by atoms with Crippen LogP contribution in [0.4, 0.5) is 4.39 Å². The predicted octanol–water partition coefficient (Wildman–Crippen LogP) is 4.85. The summed E-state index contributed by atoms with van der Waals surface area (Å²) in [5.41, 5.74) is 3.48. The zero-order valence-electron chi connectivity index (χ0n) is 11.0. The first-order chi connectivity index (χ1) is 9.10. The van der Waals surface area contributed by atoms with Gasteiger partial charge >= 0.3 is 0 Å². The smallest absolute Gasteiger partial charge is 0.123 e. The Morgan fingerprint density at radius 1 is 1.37 bits per heavy atom. The van der Waals surface area contributed by atoms with E-state index in [-0.39, 0.29) is 11.9 Å². The van der Waals surface area contributed by atoms with Crippen LogP contribution >= 0.6 is 27.3 Å². The Morgan fingerprint density at radius 2 is 2.16 bits per heavy atom. The molecule has 1 atom stereocenters. The summed E-state index contributed by atoms with van der Waals surface area (Å²) < 4.78 is 14.3. The molecule has 2 aromatic rings. The van der Waals surface area contributed by atoms with Crippen molar-refractivity contribution in [2.24, 2.45) is 0 Å². The minimum absolute atomic E-state index is 0.167. The quantitative estimate of drug-likeness (QED) is 0.819. The summed E-state index contributed by atoms with van der Waals surface area (Å²) in [6.45, 7) is 4.98. The average Bonchev–Trinajstić information content (AvgIpc) is 2.78. The van der Waals surface area contributed by atoms with E-state index in [9.17, 15) is 4.39 Å². The Bertz CT molecular complexity index is 553. The molecule has 0 aliphatic heterocycles. The van der Waals surface area contributed by atoms with E-state index in [1.54, 1.807) is 17.4 Å². The highest BCUT2D eigenvalue weighted by Gasteiger charge is 2.14. The second-order valence-electron chi connectivity index (χ2n) is 4.57. The molecule has 0 radical (unpaired) electrons. The summed E-state index contributed by atoms with van der Waals surface area (Å²) in [5.74, 6) is -0.167. The maximum atomic E-state index is 13.1. The van der Waals surface area contributed by atoms with Crippen molar-refractivity contribution in [1.29, 1.82) is 0 Å². The minimum atomic E-state index is -0.167. The molecule has 19 heavy (non-hydrogen) atoms. The highest BCUT2D eigenvalue weighted by molar-refractivity contribution is 9.11. The third-order valence-corrected chi connectivity index (χ3v) is 4.69. The molecule has 0 aliphatic rings. The third kappa shape index (κ3) is 3.88. The van der Waals surface area contributed by atoms with Crippen LogP contribution in [0.25, 0.3) is 0 Å². The number of likely N-dealkylation sites (N-methyl/N-ethyl adjacent to an activating group) is 1. The average molecular weight is 342 g/mol. The molecule has 1 aromatic heterocycles. The van der Waals surface area contributed by atoms with Crippen LogP contribution in [0, 0.1) is 12.7 Å². The Kier molecular flexibility index (Phi) is 5.13. The first-order valence-electron chi connectivity index (χ1n) is 6.32. The van der Waals surface area contributed by atoms with Crippen molar-refractivity contribution in [3.63, 3.8) is 0 Å². The number of hydrogen-bond acceptors (Lipinski definition) is 2. The molecular weight excluding hydrogens is 325 g/mol. The van der Waals surface area contributed by atoms with Crippen LogP contribution in [0.3, 0.4) is 0 Å². The first kappa shape index (κ1) is 14.7. The van der Waals surface area contributed by atoms with Gasteiger partial charge in [0.1, 0.15) is 5.82 Å². The fourth-order valence-electron chi connectivity index (χ4n) is 2.17. The summed E-state index contributed by atoms with van der Waals surface area (Å²) in [6, 6.07) is 7.45. The molecule has 1 unspecified atom stereocenters. The topological polar surface area (TPSA) is 12.0 Å². The number of nitrogens with one attached hydrogen (secondary N) is 1. The summed E-state index contributed by atoms with van der Waals surface area (Å²) in [7, 11) is 0. The van der Waals surface area contributed by atoms with Crippen molar-refractivity contribution in [2.75, 3.05) is 6.54 Å². The summed E-state index contributed by atoms with van der Waals surface area (Å²) >= 11 is 5.19. The van der Waals surface area contributed by atoms with Gasteiger partial charge in [-0.1, -0.05) is 13.0 Å². The Hall–Kier alpha value is -0.710. The van der Waals surface area contributed by atoms with Gasteiger partial charge in [0, 0.05) is 6.04 Å². The van der Waals surface area contributed by atoms with E-state index in [1.165, 1.54) is 17.2 Å². The molecule has 0 saturated carbocycles. The molecule has 0 aliphatic carbocycles. The molecule has 0 bridgehead atoms. The fraction of sp³-hybridized carbons (Fsp3) is 0.333. The van der Waals surface area contributed by atoms with Gasteiger partial charge in [0.2, 0.25) is 0 Å². The van der Waals surface area contributed by atoms with Gasteiger partial charge in [0.25, 0.3) is 0 Å². The number of thiophene rings is 1. The Morgan fingerprint density at radius 3 is 2.74 bits per heavy atom. The lowest BCUT2D eigenvalue weighted by Crippen LogP contribution is -2.22. The van der Waals surface area contributed by atoms with Crippen LogP contribution in [0.15, 0.2) is 33.4 Å². The molecule has 4 heteroatoms. The van der Waals surface area contributed by atoms with E-state index in [2.05, 4.69) is 39.6 Å². The molecule has 0 spiro atoms. The van der Waals surface area contributed by atoms with Crippen molar-refractivity contribution in [1.82, 2.24) is 5.32 Å². The molecule has 0 saturated heterocycles. The standard InChI is InChI=1S/C15H17BrFNS/c1-3-18-14(12-8-15(16)19-9-12)7-11-4-5-13(17)6-10(11)2/h4-6,8-9,14,18H,3,7H2,1-2H3. The summed E-state index contributed by atoms with van der Waals surface area (Å²) in [5, 5.41) is 5.66. The van der Waals surface area contributed by atoms with Gasteiger partial charge < -0.3 is 5.32 Å². The summed E-state index contributed by atoms with van der Waals surface area (Å²) in [4.78, 5) is 0. The van der Waals surface area contributed by atoms with Crippen molar-refractivity contribution in [2.45, 2.75) is 26.3 Å². The van der Waals surface area contributed by atoms with Crippen LogP contribution in [-0.4, -0.2) is 6.54 Å². The van der Waals surface area contributed by atoms with Crippen LogP contribution in [0.1, 0.15) is 29.7 Å². The fourth-order valence-corrected chi connectivity index (χ4v) is 3.40. The van der Waals surface area contributed by atoms with Crippen molar-refractivity contribution in [3.8, 4) is 0 Å². The molecule has 0 amide bonds.